The third-order valence-electron chi connectivity index (χ3n) is 2.24. The van der Waals surface area contributed by atoms with Crippen LogP contribution in [0.25, 0.3) is 0 Å². The van der Waals surface area contributed by atoms with Gasteiger partial charge in [-0.2, -0.15) is 5.10 Å². The molecular formula is C9H17N3O. The molecule has 2 atom stereocenters. The van der Waals surface area contributed by atoms with Gasteiger partial charge < -0.3 is 5.11 Å². The lowest BCUT2D eigenvalue weighted by molar-refractivity contribution is 0.0768. The van der Waals surface area contributed by atoms with E-state index >= 15 is 0 Å². The molecule has 1 N–H and O–H groups in total. The maximum absolute atomic E-state index is 9.77. The standard InChI is InChI=1S/C9H17N3O/c1-4-8(13)9(7(2)3)12-6-10-5-11-12/h5-9,13H,4H2,1-3H3. The molecule has 1 aromatic rings. The van der Waals surface area contributed by atoms with Gasteiger partial charge in [-0.3, -0.25) is 0 Å². The van der Waals surface area contributed by atoms with Crippen molar-refractivity contribution in [3.8, 4) is 0 Å². The fourth-order valence-electron chi connectivity index (χ4n) is 1.54. The van der Waals surface area contributed by atoms with E-state index in [1.807, 2.05) is 6.92 Å². The molecule has 0 spiro atoms. The van der Waals surface area contributed by atoms with Gasteiger partial charge in [0.05, 0.1) is 12.1 Å². The second-order valence-electron chi connectivity index (χ2n) is 3.59. The molecule has 0 saturated heterocycles. The monoisotopic (exact) mass is 183 g/mol. The predicted octanol–water partition coefficient (Wildman–Crippen LogP) is 1.25. The molecule has 0 radical (unpaired) electrons. The zero-order valence-corrected chi connectivity index (χ0v) is 8.38. The lowest BCUT2D eigenvalue weighted by Crippen LogP contribution is -2.28. The summed E-state index contributed by atoms with van der Waals surface area (Å²) in [6.07, 6.45) is 3.55. The first-order valence-corrected chi connectivity index (χ1v) is 4.69. The Kier molecular flexibility index (Phi) is 3.42. The minimum absolute atomic E-state index is 0.0347. The van der Waals surface area contributed by atoms with E-state index in [0.717, 1.165) is 6.42 Å². The van der Waals surface area contributed by atoms with Gasteiger partial charge in [-0.1, -0.05) is 20.8 Å². The van der Waals surface area contributed by atoms with E-state index in [9.17, 15) is 5.11 Å². The molecule has 74 valence electrons. The van der Waals surface area contributed by atoms with Crippen LogP contribution in [0.5, 0.6) is 0 Å². The van der Waals surface area contributed by atoms with Gasteiger partial charge in [0.25, 0.3) is 0 Å². The number of aliphatic hydroxyl groups excluding tert-OH is 1. The topological polar surface area (TPSA) is 50.9 Å². The molecule has 0 aromatic carbocycles. The smallest absolute Gasteiger partial charge is 0.137 e. The maximum atomic E-state index is 9.77. The Hall–Kier alpha value is -0.900. The third kappa shape index (κ3) is 2.28. The summed E-state index contributed by atoms with van der Waals surface area (Å²) in [4.78, 5) is 3.88. The highest BCUT2D eigenvalue weighted by Crippen LogP contribution is 2.21. The molecule has 0 aliphatic rings. The Morgan fingerprint density at radius 3 is 2.54 bits per heavy atom. The van der Waals surface area contributed by atoms with E-state index in [0.29, 0.717) is 5.92 Å². The summed E-state index contributed by atoms with van der Waals surface area (Å²) in [6, 6.07) is 0.0347. The normalized spacial score (nSPS) is 16.1. The quantitative estimate of drug-likeness (QED) is 0.764. The van der Waals surface area contributed by atoms with Crippen LogP contribution in [0.2, 0.25) is 0 Å². The Morgan fingerprint density at radius 1 is 1.46 bits per heavy atom. The van der Waals surface area contributed by atoms with Gasteiger partial charge in [-0.15, -0.1) is 0 Å². The average molecular weight is 183 g/mol. The van der Waals surface area contributed by atoms with E-state index < -0.39 is 0 Å². The van der Waals surface area contributed by atoms with Crippen LogP contribution in [-0.4, -0.2) is 26.0 Å². The average Bonchev–Trinajstić information content (AvgIpc) is 2.56. The molecule has 0 amide bonds. The largest absolute Gasteiger partial charge is 0.391 e. The van der Waals surface area contributed by atoms with Crippen LogP contribution in [-0.2, 0) is 0 Å². The maximum Gasteiger partial charge on any atom is 0.137 e. The SMILES string of the molecule is CCC(O)C(C(C)C)n1cncn1. The van der Waals surface area contributed by atoms with E-state index in [1.165, 1.54) is 6.33 Å². The second kappa shape index (κ2) is 4.37. The minimum atomic E-state index is -0.346. The van der Waals surface area contributed by atoms with Crippen LogP contribution in [0.3, 0.4) is 0 Å². The van der Waals surface area contributed by atoms with E-state index in [-0.39, 0.29) is 12.1 Å². The Morgan fingerprint density at radius 2 is 2.15 bits per heavy atom. The Labute approximate surface area is 78.6 Å². The Bertz CT molecular complexity index is 233. The number of hydrogen-bond acceptors (Lipinski definition) is 3. The summed E-state index contributed by atoms with van der Waals surface area (Å²) in [5.74, 6) is 0.358. The molecule has 2 unspecified atom stereocenters. The highest BCUT2D eigenvalue weighted by Gasteiger charge is 2.23. The van der Waals surface area contributed by atoms with Gasteiger partial charge in [0.15, 0.2) is 0 Å². The first kappa shape index (κ1) is 10.2. The fourth-order valence-corrected chi connectivity index (χ4v) is 1.54. The molecule has 0 bridgehead atoms. The summed E-state index contributed by atoms with van der Waals surface area (Å²) in [5, 5.41) is 13.8. The fraction of sp³-hybridized carbons (Fsp3) is 0.778. The van der Waals surface area contributed by atoms with Crippen LogP contribution in [0, 0.1) is 5.92 Å². The van der Waals surface area contributed by atoms with Crippen molar-refractivity contribution in [2.75, 3.05) is 0 Å². The van der Waals surface area contributed by atoms with Gasteiger partial charge in [0, 0.05) is 0 Å². The number of aliphatic hydroxyl groups is 1. The van der Waals surface area contributed by atoms with E-state index in [2.05, 4.69) is 23.9 Å². The molecule has 4 heteroatoms. The molecule has 0 saturated carbocycles. The van der Waals surface area contributed by atoms with Gasteiger partial charge in [0.1, 0.15) is 12.7 Å². The first-order valence-electron chi connectivity index (χ1n) is 4.69. The summed E-state index contributed by atoms with van der Waals surface area (Å²) < 4.78 is 1.73. The molecular weight excluding hydrogens is 166 g/mol. The van der Waals surface area contributed by atoms with Crippen molar-refractivity contribution in [2.45, 2.75) is 39.3 Å². The number of hydrogen-bond donors (Lipinski definition) is 1. The molecule has 0 aliphatic carbocycles. The Balaban J connectivity index is 2.80. The molecule has 1 aromatic heterocycles. The van der Waals surface area contributed by atoms with E-state index in [1.54, 1.807) is 11.0 Å². The van der Waals surface area contributed by atoms with Gasteiger partial charge in [-0.05, 0) is 12.3 Å². The highest BCUT2D eigenvalue weighted by molar-refractivity contribution is 4.77. The van der Waals surface area contributed by atoms with Crippen molar-refractivity contribution in [1.82, 2.24) is 14.8 Å². The van der Waals surface area contributed by atoms with Gasteiger partial charge >= 0.3 is 0 Å². The van der Waals surface area contributed by atoms with Crippen LogP contribution >= 0.6 is 0 Å². The van der Waals surface area contributed by atoms with Gasteiger partial charge in [-0.25, -0.2) is 9.67 Å². The van der Waals surface area contributed by atoms with E-state index in [4.69, 9.17) is 0 Å². The first-order chi connectivity index (χ1) is 6.16. The number of rotatable bonds is 4. The minimum Gasteiger partial charge on any atom is -0.391 e. The van der Waals surface area contributed by atoms with Crippen molar-refractivity contribution in [3.63, 3.8) is 0 Å². The van der Waals surface area contributed by atoms with Crippen molar-refractivity contribution < 1.29 is 5.11 Å². The van der Waals surface area contributed by atoms with Crippen LogP contribution < -0.4 is 0 Å². The predicted molar refractivity (Wildman–Crippen MR) is 50.2 cm³/mol. The van der Waals surface area contributed by atoms with Crippen molar-refractivity contribution in [1.29, 1.82) is 0 Å². The van der Waals surface area contributed by atoms with Crippen molar-refractivity contribution in [2.24, 2.45) is 5.92 Å². The summed E-state index contributed by atoms with van der Waals surface area (Å²) >= 11 is 0. The number of nitrogens with zero attached hydrogens (tertiary/aromatic N) is 3. The van der Waals surface area contributed by atoms with Crippen molar-refractivity contribution >= 4 is 0 Å². The van der Waals surface area contributed by atoms with Crippen molar-refractivity contribution in [3.05, 3.63) is 12.7 Å². The van der Waals surface area contributed by atoms with Crippen LogP contribution in [0.4, 0.5) is 0 Å². The lowest BCUT2D eigenvalue weighted by Gasteiger charge is -2.25. The molecule has 4 nitrogen and oxygen atoms in total. The lowest BCUT2D eigenvalue weighted by atomic mass is 9.97. The molecule has 1 rings (SSSR count). The third-order valence-corrected chi connectivity index (χ3v) is 2.24. The summed E-state index contributed by atoms with van der Waals surface area (Å²) in [6.45, 7) is 6.12. The molecule has 0 fully saturated rings. The summed E-state index contributed by atoms with van der Waals surface area (Å²) in [5.41, 5.74) is 0. The van der Waals surface area contributed by atoms with Crippen LogP contribution in [0.15, 0.2) is 12.7 Å². The van der Waals surface area contributed by atoms with Gasteiger partial charge in [0.2, 0.25) is 0 Å². The zero-order valence-electron chi connectivity index (χ0n) is 8.38. The summed E-state index contributed by atoms with van der Waals surface area (Å²) in [7, 11) is 0. The zero-order chi connectivity index (χ0) is 9.84. The highest BCUT2D eigenvalue weighted by atomic mass is 16.3. The second-order valence-corrected chi connectivity index (χ2v) is 3.59. The molecule has 1 heterocycles. The number of aromatic nitrogens is 3. The van der Waals surface area contributed by atoms with Crippen LogP contribution in [0.1, 0.15) is 33.2 Å². The molecule has 0 aliphatic heterocycles. The molecule has 13 heavy (non-hydrogen) atoms.